The van der Waals surface area contributed by atoms with Crippen LogP contribution in [0.15, 0.2) is 18.2 Å². The number of benzene rings is 1. The van der Waals surface area contributed by atoms with Gasteiger partial charge in [-0.2, -0.15) is 13.2 Å². The highest BCUT2D eigenvalue weighted by Gasteiger charge is 2.28. The van der Waals surface area contributed by atoms with Crippen molar-refractivity contribution in [2.75, 3.05) is 11.9 Å². The molecule has 1 aromatic rings. The first-order valence-electron chi connectivity index (χ1n) is 5.25. The summed E-state index contributed by atoms with van der Waals surface area (Å²) >= 11 is 11.7. The van der Waals surface area contributed by atoms with E-state index in [0.717, 1.165) is 0 Å². The first kappa shape index (κ1) is 15.9. The summed E-state index contributed by atoms with van der Waals surface area (Å²) in [6, 6.07) is 3.86. The molecule has 0 aliphatic carbocycles. The molecule has 1 aromatic carbocycles. The van der Waals surface area contributed by atoms with Crippen LogP contribution in [0.3, 0.4) is 0 Å². The van der Waals surface area contributed by atoms with Gasteiger partial charge in [0.15, 0.2) is 0 Å². The smallest absolute Gasteiger partial charge is 0.373 e. The van der Waals surface area contributed by atoms with Gasteiger partial charge in [0.1, 0.15) is 12.6 Å². The Morgan fingerprint density at radius 2 is 2.00 bits per heavy atom. The molecule has 0 radical (unpaired) electrons. The van der Waals surface area contributed by atoms with Crippen molar-refractivity contribution in [3.05, 3.63) is 28.2 Å². The average Bonchev–Trinajstić information content (AvgIpc) is 2.31. The number of hydrogen-bond donors (Lipinski definition) is 2. The van der Waals surface area contributed by atoms with Gasteiger partial charge in [-0.1, -0.05) is 29.3 Å². The third-order valence-corrected chi connectivity index (χ3v) is 3.00. The molecule has 0 fully saturated rings. The standard InChI is InChI=1S/C11H11Cl2F3N2O/c1-6(10(19)17-5-11(14,15)16)18-8-4-2-3-7(12)9(8)13/h2-4,6,18H,5H2,1H3,(H,17,19). The largest absolute Gasteiger partial charge is 0.405 e. The first-order valence-corrected chi connectivity index (χ1v) is 6.01. The maximum atomic E-state index is 11.9. The Balaban J connectivity index is 2.62. The zero-order chi connectivity index (χ0) is 14.6. The Morgan fingerprint density at radius 1 is 1.37 bits per heavy atom. The van der Waals surface area contributed by atoms with Crippen LogP contribution < -0.4 is 10.6 Å². The second-order valence-corrected chi connectivity index (χ2v) is 4.59. The van der Waals surface area contributed by atoms with E-state index in [2.05, 4.69) is 5.32 Å². The molecule has 1 atom stereocenters. The van der Waals surface area contributed by atoms with Crippen molar-refractivity contribution >= 4 is 34.8 Å². The predicted molar refractivity (Wildman–Crippen MR) is 68.6 cm³/mol. The molecule has 19 heavy (non-hydrogen) atoms. The molecular weight excluding hydrogens is 304 g/mol. The molecule has 0 heterocycles. The Bertz CT molecular complexity index is 466. The SMILES string of the molecule is CC(Nc1cccc(Cl)c1Cl)C(=O)NCC(F)(F)F. The Labute approximate surface area is 118 Å². The van der Waals surface area contributed by atoms with Gasteiger partial charge in [-0.05, 0) is 19.1 Å². The van der Waals surface area contributed by atoms with E-state index in [1.807, 2.05) is 0 Å². The molecule has 1 unspecified atom stereocenters. The van der Waals surface area contributed by atoms with Crippen LogP contribution in [0, 0.1) is 0 Å². The van der Waals surface area contributed by atoms with Crippen molar-refractivity contribution in [2.45, 2.75) is 19.1 Å². The lowest BCUT2D eigenvalue weighted by Gasteiger charge is -2.17. The maximum Gasteiger partial charge on any atom is 0.405 e. The molecule has 8 heteroatoms. The number of nitrogens with one attached hydrogen (secondary N) is 2. The molecule has 0 aromatic heterocycles. The number of carbonyl (C=O) groups excluding carboxylic acids is 1. The zero-order valence-corrected chi connectivity index (χ0v) is 11.3. The average molecular weight is 315 g/mol. The van der Waals surface area contributed by atoms with Crippen LogP contribution in [0.2, 0.25) is 10.0 Å². The first-order chi connectivity index (χ1) is 8.70. The lowest BCUT2D eigenvalue weighted by molar-refractivity contribution is -0.138. The minimum Gasteiger partial charge on any atom is -0.373 e. The van der Waals surface area contributed by atoms with Crippen LogP contribution in [0.5, 0.6) is 0 Å². The Hall–Kier alpha value is -1.14. The summed E-state index contributed by atoms with van der Waals surface area (Å²) in [5.74, 6) is -0.784. The molecule has 0 aliphatic heterocycles. The van der Waals surface area contributed by atoms with Gasteiger partial charge in [0.05, 0.1) is 15.7 Å². The summed E-state index contributed by atoms with van der Waals surface area (Å²) in [7, 11) is 0. The molecule has 1 rings (SSSR count). The molecule has 1 amide bonds. The molecule has 0 aliphatic rings. The maximum absolute atomic E-state index is 11.9. The van der Waals surface area contributed by atoms with Gasteiger partial charge in [-0.15, -0.1) is 0 Å². The number of carbonyl (C=O) groups is 1. The van der Waals surface area contributed by atoms with Crippen molar-refractivity contribution in [1.82, 2.24) is 5.32 Å². The highest BCUT2D eigenvalue weighted by molar-refractivity contribution is 6.43. The van der Waals surface area contributed by atoms with Gasteiger partial charge < -0.3 is 10.6 Å². The summed E-state index contributed by atoms with van der Waals surface area (Å²) in [6.45, 7) is 0.0457. The second kappa shape index (κ2) is 6.34. The van der Waals surface area contributed by atoms with E-state index in [9.17, 15) is 18.0 Å². The number of halogens is 5. The summed E-state index contributed by atoms with van der Waals surface area (Å²) in [5, 5.41) is 4.96. The van der Waals surface area contributed by atoms with Gasteiger partial charge in [0, 0.05) is 0 Å². The molecular formula is C11H11Cl2F3N2O. The number of alkyl halides is 3. The van der Waals surface area contributed by atoms with E-state index in [-0.39, 0.29) is 10.0 Å². The number of anilines is 1. The van der Waals surface area contributed by atoms with Crippen LogP contribution in [0.25, 0.3) is 0 Å². The second-order valence-electron chi connectivity index (χ2n) is 3.80. The third-order valence-electron chi connectivity index (χ3n) is 2.18. The van der Waals surface area contributed by atoms with E-state index >= 15 is 0 Å². The van der Waals surface area contributed by atoms with Crippen molar-refractivity contribution < 1.29 is 18.0 Å². The van der Waals surface area contributed by atoms with Gasteiger partial charge >= 0.3 is 6.18 Å². The van der Waals surface area contributed by atoms with E-state index in [4.69, 9.17) is 23.2 Å². The lowest BCUT2D eigenvalue weighted by Crippen LogP contribution is -2.42. The van der Waals surface area contributed by atoms with E-state index in [1.54, 1.807) is 23.5 Å². The quantitative estimate of drug-likeness (QED) is 0.893. The third kappa shape index (κ3) is 5.16. The molecule has 106 valence electrons. The van der Waals surface area contributed by atoms with Crippen LogP contribution in [-0.2, 0) is 4.79 Å². The highest BCUT2D eigenvalue weighted by atomic mass is 35.5. The van der Waals surface area contributed by atoms with E-state index in [1.165, 1.54) is 6.92 Å². The van der Waals surface area contributed by atoms with Gasteiger partial charge in [0.25, 0.3) is 0 Å². The van der Waals surface area contributed by atoms with Crippen molar-refractivity contribution in [2.24, 2.45) is 0 Å². The summed E-state index contributed by atoms with van der Waals surface area (Å²) in [4.78, 5) is 11.4. The molecule has 0 spiro atoms. The van der Waals surface area contributed by atoms with Crippen LogP contribution >= 0.6 is 23.2 Å². The normalized spacial score (nSPS) is 12.9. The van der Waals surface area contributed by atoms with Crippen molar-refractivity contribution in [1.29, 1.82) is 0 Å². The van der Waals surface area contributed by atoms with Crippen molar-refractivity contribution in [3.8, 4) is 0 Å². The van der Waals surface area contributed by atoms with E-state index < -0.39 is 24.7 Å². The van der Waals surface area contributed by atoms with Crippen LogP contribution in [-0.4, -0.2) is 24.7 Å². The van der Waals surface area contributed by atoms with Crippen LogP contribution in [0.1, 0.15) is 6.92 Å². The summed E-state index contributed by atoms with van der Waals surface area (Å²) in [6.07, 6.45) is -4.44. The molecule has 3 nitrogen and oxygen atoms in total. The molecule has 0 bridgehead atoms. The molecule has 2 N–H and O–H groups in total. The summed E-state index contributed by atoms with van der Waals surface area (Å²) in [5.41, 5.74) is 0.379. The zero-order valence-electron chi connectivity index (χ0n) is 9.81. The fourth-order valence-corrected chi connectivity index (χ4v) is 1.61. The predicted octanol–water partition coefficient (Wildman–Crippen LogP) is 3.47. The van der Waals surface area contributed by atoms with Crippen molar-refractivity contribution in [3.63, 3.8) is 0 Å². The summed E-state index contributed by atoms with van der Waals surface area (Å²) < 4.78 is 35.8. The number of rotatable bonds is 4. The topological polar surface area (TPSA) is 41.1 Å². The number of amides is 1. The minimum atomic E-state index is -4.44. The monoisotopic (exact) mass is 314 g/mol. The van der Waals surface area contributed by atoms with Gasteiger partial charge in [-0.3, -0.25) is 4.79 Å². The van der Waals surface area contributed by atoms with Crippen LogP contribution in [0.4, 0.5) is 18.9 Å². The fraction of sp³-hybridized carbons (Fsp3) is 0.364. The molecule has 0 saturated carbocycles. The van der Waals surface area contributed by atoms with Gasteiger partial charge in [-0.25, -0.2) is 0 Å². The van der Waals surface area contributed by atoms with Gasteiger partial charge in [0.2, 0.25) is 5.91 Å². The fourth-order valence-electron chi connectivity index (χ4n) is 1.25. The minimum absolute atomic E-state index is 0.208. The Kier molecular flexibility index (Phi) is 5.31. The lowest BCUT2D eigenvalue weighted by atomic mass is 10.2. The number of hydrogen-bond acceptors (Lipinski definition) is 2. The Morgan fingerprint density at radius 3 is 2.58 bits per heavy atom. The highest BCUT2D eigenvalue weighted by Crippen LogP contribution is 2.29. The molecule has 0 saturated heterocycles. The van der Waals surface area contributed by atoms with E-state index in [0.29, 0.717) is 5.69 Å².